The van der Waals surface area contributed by atoms with Crippen LogP contribution >= 0.6 is 0 Å². The molecule has 8 heteroatoms. The van der Waals surface area contributed by atoms with Crippen molar-refractivity contribution in [1.82, 2.24) is 19.7 Å². The van der Waals surface area contributed by atoms with Crippen LogP contribution in [-0.4, -0.2) is 32.3 Å². The second kappa shape index (κ2) is 6.99. The molecule has 0 radical (unpaired) electrons. The molecule has 4 rings (SSSR count). The van der Waals surface area contributed by atoms with Crippen molar-refractivity contribution in [2.24, 2.45) is 7.05 Å². The summed E-state index contributed by atoms with van der Waals surface area (Å²) in [6.07, 6.45) is 7.35. The monoisotopic (exact) mass is 364 g/mol. The Morgan fingerprint density at radius 1 is 1.04 bits per heavy atom. The van der Waals surface area contributed by atoms with Crippen LogP contribution in [-0.2, 0) is 7.05 Å². The van der Waals surface area contributed by atoms with Gasteiger partial charge in [-0.25, -0.2) is 4.79 Å². The molecule has 1 aliphatic carbocycles. The van der Waals surface area contributed by atoms with Crippen molar-refractivity contribution >= 4 is 23.3 Å². The van der Waals surface area contributed by atoms with E-state index < -0.39 is 0 Å². The van der Waals surface area contributed by atoms with Gasteiger partial charge in [-0.3, -0.25) is 9.48 Å². The summed E-state index contributed by atoms with van der Waals surface area (Å²) in [5.41, 5.74) is 1.77. The molecule has 3 amide bonds. The molecular weight excluding hydrogens is 344 g/mol. The minimum atomic E-state index is -0.251. The van der Waals surface area contributed by atoms with E-state index in [4.69, 9.17) is 0 Å². The third-order valence-electron chi connectivity index (χ3n) is 4.31. The molecule has 8 nitrogen and oxygen atoms in total. The van der Waals surface area contributed by atoms with Crippen molar-refractivity contribution in [2.45, 2.75) is 18.9 Å². The van der Waals surface area contributed by atoms with E-state index in [9.17, 15) is 9.59 Å². The predicted octanol–water partition coefficient (Wildman–Crippen LogP) is 2.75. The van der Waals surface area contributed by atoms with E-state index in [0.717, 1.165) is 12.8 Å². The Bertz CT molecular complexity index is 955. The van der Waals surface area contributed by atoms with Crippen LogP contribution in [0.4, 0.5) is 16.2 Å². The molecule has 1 aliphatic rings. The molecule has 27 heavy (non-hydrogen) atoms. The first kappa shape index (κ1) is 16.9. The molecular formula is C19H20N6O2. The summed E-state index contributed by atoms with van der Waals surface area (Å²) in [6.45, 7) is 0. The second-order valence-corrected chi connectivity index (χ2v) is 6.50. The standard InChI is InChI=1S/C19H20N6O2/c1-24-18(25-10-2-3-11-25)16(12-20-24)17(26)21-13-4-6-14(7-5-13)22-19(27)23-15-8-9-15/h2-7,10-12,15H,8-9H2,1H3,(H,21,26)(H2,22,23,27). The maximum Gasteiger partial charge on any atom is 0.319 e. The minimum Gasteiger partial charge on any atom is -0.335 e. The SMILES string of the molecule is Cn1ncc(C(=O)Nc2ccc(NC(=O)NC3CC3)cc2)c1-n1cccc1. The fourth-order valence-corrected chi connectivity index (χ4v) is 2.79. The highest BCUT2D eigenvalue weighted by atomic mass is 16.2. The third kappa shape index (κ3) is 3.84. The van der Waals surface area contributed by atoms with Crippen LogP contribution in [0.3, 0.4) is 0 Å². The first-order chi connectivity index (χ1) is 13.1. The average Bonchev–Trinajstić information content (AvgIpc) is 3.14. The van der Waals surface area contributed by atoms with Crippen LogP contribution in [0.25, 0.3) is 5.82 Å². The van der Waals surface area contributed by atoms with Gasteiger partial charge in [-0.15, -0.1) is 0 Å². The topological polar surface area (TPSA) is 93.0 Å². The van der Waals surface area contributed by atoms with Crippen molar-refractivity contribution < 1.29 is 9.59 Å². The molecule has 138 valence electrons. The molecule has 1 aromatic carbocycles. The van der Waals surface area contributed by atoms with Gasteiger partial charge >= 0.3 is 6.03 Å². The lowest BCUT2D eigenvalue weighted by Crippen LogP contribution is -2.30. The zero-order chi connectivity index (χ0) is 18.8. The van der Waals surface area contributed by atoms with Crippen LogP contribution in [0.15, 0.2) is 55.0 Å². The summed E-state index contributed by atoms with van der Waals surface area (Å²) >= 11 is 0. The van der Waals surface area contributed by atoms with Crippen molar-refractivity contribution in [3.8, 4) is 5.82 Å². The van der Waals surface area contributed by atoms with E-state index in [1.807, 2.05) is 29.1 Å². The van der Waals surface area contributed by atoms with E-state index in [0.29, 0.717) is 28.8 Å². The highest BCUT2D eigenvalue weighted by Crippen LogP contribution is 2.20. The van der Waals surface area contributed by atoms with Gasteiger partial charge in [-0.05, 0) is 49.2 Å². The van der Waals surface area contributed by atoms with E-state index in [1.54, 1.807) is 42.2 Å². The number of aromatic nitrogens is 3. The van der Waals surface area contributed by atoms with E-state index >= 15 is 0 Å². The molecule has 1 fully saturated rings. The number of hydrogen-bond donors (Lipinski definition) is 3. The molecule has 0 aliphatic heterocycles. The van der Waals surface area contributed by atoms with E-state index in [2.05, 4.69) is 21.0 Å². The van der Waals surface area contributed by atoms with Crippen LogP contribution in [0, 0.1) is 0 Å². The van der Waals surface area contributed by atoms with Crippen LogP contribution in [0.2, 0.25) is 0 Å². The molecule has 1 saturated carbocycles. The normalized spacial score (nSPS) is 13.2. The van der Waals surface area contributed by atoms with Crippen molar-refractivity contribution in [3.63, 3.8) is 0 Å². The lowest BCUT2D eigenvalue weighted by atomic mass is 10.2. The number of carbonyl (C=O) groups is 2. The Balaban J connectivity index is 1.43. The predicted molar refractivity (Wildman–Crippen MR) is 102 cm³/mol. The van der Waals surface area contributed by atoms with Gasteiger partial charge in [0.1, 0.15) is 11.4 Å². The third-order valence-corrected chi connectivity index (χ3v) is 4.31. The lowest BCUT2D eigenvalue weighted by Gasteiger charge is -2.10. The number of amides is 3. The molecule has 2 aromatic heterocycles. The molecule has 2 heterocycles. The number of urea groups is 1. The minimum absolute atomic E-state index is 0.207. The number of anilines is 2. The maximum absolute atomic E-state index is 12.7. The fraction of sp³-hybridized carbons (Fsp3) is 0.211. The molecule has 3 aromatic rings. The Labute approximate surface area is 156 Å². The molecule has 0 unspecified atom stereocenters. The molecule has 0 atom stereocenters. The van der Waals surface area contributed by atoms with Crippen molar-refractivity contribution in [3.05, 3.63) is 60.6 Å². The summed E-state index contributed by atoms with van der Waals surface area (Å²) < 4.78 is 3.49. The zero-order valence-electron chi connectivity index (χ0n) is 14.8. The van der Waals surface area contributed by atoms with Crippen molar-refractivity contribution in [2.75, 3.05) is 10.6 Å². The Morgan fingerprint density at radius 2 is 1.67 bits per heavy atom. The second-order valence-electron chi connectivity index (χ2n) is 6.50. The Kier molecular flexibility index (Phi) is 4.37. The molecule has 0 spiro atoms. The highest BCUT2D eigenvalue weighted by Gasteiger charge is 2.23. The number of aryl methyl sites for hydroxylation is 1. The highest BCUT2D eigenvalue weighted by molar-refractivity contribution is 6.06. The van der Waals surface area contributed by atoms with Gasteiger partial charge in [0, 0.05) is 36.9 Å². The average molecular weight is 364 g/mol. The van der Waals surface area contributed by atoms with Gasteiger partial charge in [0.15, 0.2) is 0 Å². The Morgan fingerprint density at radius 3 is 2.30 bits per heavy atom. The van der Waals surface area contributed by atoms with Gasteiger partial charge in [-0.2, -0.15) is 5.10 Å². The lowest BCUT2D eigenvalue weighted by molar-refractivity contribution is 0.102. The summed E-state index contributed by atoms with van der Waals surface area (Å²) in [5, 5.41) is 12.7. The smallest absolute Gasteiger partial charge is 0.319 e. The summed E-state index contributed by atoms with van der Waals surface area (Å²) in [7, 11) is 1.79. The summed E-state index contributed by atoms with van der Waals surface area (Å²) in [4.78, 5) is 24.4. The number of carbonyl (C=O) groups excluding carboxylic acids is 2. The quantitative estimate of drug-likeness (QED) is 0.650. The van der Waals surface area contributed by atoms with Gasteiger partial charge in [0.05, 0.1) is 6.20 Å². The largest absolute Gasteiger partial charge is 0.335 e. The number of rotatable bonds is 5. The first-order valence-corrected chi connectivity index (χ1v) is 8.74. The number of benzene rings is 1. The molecule has 0 bridgehead atoms. The van der Waals surface area contributed by atoms with Crippen LogP contribution in [0.5, 0.6) is 0 Å². The van der Waals surface area contributed by atoms with Crippen LogP contribution < -0.4 is 16.0 Å². The Hall–Kier alpha value is -3.55. The summed E-state index contributed by atoms with van der Waals surface area (Å²) in [5.74, 6) is 0.437. The zero-order valence-corrected chi connectivity index (χ0v) is 14.8. The molecule has 0 saturated heterocycles. The van der Waals surface area contributed by atoms with Gasteiger partial charge < -0.3 is 20.5 Å². The van der Waals surface area contributed by atoms with Gasteiger partial charge in [0.2, 0.25) is 0 Å². The number of nitrogens with zero attached hydrogens (tertiary/aromatic N) is 3. The number of hydrogen-bond acceptors (Lipinski definition) is 3. The first-order valence-electron chi connectivity index (χ1n) is 8.74. The van der Waals surface area contributed by atoms with E-state index in [-0.39, 0.29) is 11.9 Å². The van der Waals surface area contributed by atoms with Crippen LogP contribution in [0.1, 0.15) is 23.2 Å². The van der Waals surface area contributed by atoms with E-state index in [1.165, 1.54) is 0 Å². The van der Waals surface area contributed by atoms with Gasteiger partial charge in [0.25, 0.3) is 5.91 Å². The number of nitrogens with one attached hydrogen (secondary N) is 3. The summed E-state index contributed by atoms with van der Waals surface area (Å²) in [6, 6.07) is 10.9. The molecule has 3 N–H and O–H groups in total. The maximum atomic E-state index is 12.7. The van der Waals surface area contributed by atoms with Gasteiger partial charge in [-0.1, -0.05) is 0 Å². The van der Waals surface area contributed by atoms with Crippen molar-refractivity contribution in [1.29, 1.82) is 0 Å². The fourth-order valence-electron chi connectivity index (χ4n) is 2.79.